The van der Waals surface area contributed by atoms with Crippen LogP contribution in [0.3, 0.4) is 0 Å². The van der Waals surface area contributed by atoms with E-state index in [0.717, 1.165) is 24.9 Å². The molecule has 0 spiro atoms. The molecule has 2 fully saturated rings. The van der Waals surface area contributed by atoms with Crippen LogP contribution in [-0.2, 0) is 10.2 Å². The Morgan fingerprint density at radius 2 is 2.05 bits per heavy atom. The van der Waals surface area contributed by atoms with Gasteiger partial charge in [0.25, 0.3) is 0 Å². The molecule has 0 aliphatic carbocycles. The number of piperidine rings is 1. The third-order valence-corrected chi connectivity index (χ3v) is 4.34. The van der Waals surface area contributed by atoms with Crippen molar-refractivity contribution in [1.29, 1.82) is 0 Å². The molecule has 19 heavy (non-hydrogen) atoms. The number of hydrogen-bond acceptors (Lipinski definition) is 2. The number of benzene rings is 1. The van der Waals surface area contributed by atoms with E-state index in [0.29, 0.717) is 19.3 Å². The highest BCUT2D eigenvalue weighted by Crippen LogP contribution is 2.38. The van der Waals surface area contributed by atoms with Gasteiger partial charge in [-0.25, -0.2) is 8.78 Å². The topological polar surface area (TPSA) is 21.3 Å². The quantitative estimate of drug-likeness (QED) is 0.909. The Morgan fingerprint density at radius 1 is 1.21 bits per heavy atom. The van der Waals surface area contributed by atoms with Gasteiger partial charge in [-0.15, -0.1) is 0 Å². The number of nitrogens with one attached hydrogen (secondary N) is 1. The van der Waals surface area contributed by atoms with Crippen molar-refractivity contribution in [2.24, 2.45) is 0 Å². The monoisotopic (exact) mass is 267 g/mol. The third kappa shape index (κ3) is 2.51. The molecule has 2 saturated heterocycles. The Bertz CT molecular complexity index is 453. The van der Waals surface area contributed by atoms with E-state index in [2.05, 4.69) is 5.32 Å². The summed E-state index contributed by atoms with van der Waals surface area (Å²) in [6.45, 7) is 2.27. The van der Waals surface area contributed by atoms with E-state index in [1.807, 2.05) is 0 Å². The molecule has 0 radical (unpaired) electrons. The number of halogens is 2. The van der Waals surface area contributed by atoms with Crippen molar-refractivity contribution in [2.75, 3.05) is 19.8 Å². The minimum Gasteiger partial charge on any atom is -0.379 e. The van der Waals surface area contributed by atoms with Crippen LogP contribution >= 0.6 is 0 Å². The van der Waals surface area contributed by atoms with E-state index in [4.69, 9.17) is 4.74 Å². The summed E-state index contributed by atoms with van der Waals surface area (Å²) >= 11 is 0. The number of hydrogen-bond donors (Lipinski definition) is 1. The summed E-state index contributed by atoms with van der Waals surface area (Å²) in [4.78, 5) is 0. The lowest BCUT2D eigenvalue weighted by atomic mass is 9.72. The molecule has 2 aliphatic heterocycles. The number of ether oxygens (including phenoxy) is 1. The molecule has 0 bridgehead atoms. The highest BCUT2D eigenvalue weighted by Gasteiger charge is 2.42. The second-order valence-corrected chi connectivity index (χ2v) is 5.75. The minimum absolute atomic E-state index is 0.135. The van der Waals surface area contributed by atoms with Crippen LogP contribution in [0.4, 0.5) is 8.78 Å². The van der Waals surface area contributed by atoms with Crippen LogP contribution in [0, 0.1) is 11.6 Å². The SMILES string of the molecule is Fc1ccc(C2(CC3CCCCN3)COC2)cc1F. The van der Waals surface area contributed by atoms with Gasteiger partial charge in [-0.1, -0.05) is 12.5 Å². The van der Waals surface area contributed by atoms with Gasteiger partial charge in [0.1, 0.15) is 0 Å². The van der Waals surface area contributed by atoms with Crippen LogP contribution in [0.15, 0.2) is 18.2 Å². The van der Waals surface area contributed by atoms with Crippen molar-refractivity contribution >= 4 is 0 Å². The Balaban J connectivity index is 1.79. The van der Waals surface area contributed by atoms with E-state index in [1.165, 1.54) is 25.0 Å². The maximum Gasteiger partial charge on any atom is 0.159 e. The van der Waals surface area contributed by atoms with Crippen molar-refractivity contribution in [1.82, 2.24) is 5.32 Å². The second kappa shape index (κ2) is 5.17. The molecule has 1 aromatic carbocycles. The van der Waals surface area contributed by atoms with Gasteiger partial charge in [0.05, 0.1) is 13.2 Å². The molecule has 3 rings (SSSR count). The predicted octanol–water partition coefficient (Wildman–Crippen LogP) is 2.77. The molecule has 0 aromatic heterocycles. The molecule has 4 heteroatoms. The second-order valence-electron chi connectivity index (χ2n) is 5.75. The van der Waals surface area contributed by atoms with Gasteiger partial charge in [0.2, 0.25) is 0 Å². The van der Waals surface area contributed by atoms with Crippen molar-refractivity contribution in [3.05, 3.63) is 35.4 Å². The molecular formula is C15H19F2NO. The van der Waals surface area contributed by atoms with E-state index >= 15 is 0 Å². The summed E-state index contributed by atoms with van der Waals surface area (Å²) in [5, 5.41) is 3.52. The lowest BCUT2D eigenvalue weighted by molar-refractivity contribution is -0.0697. The first-order chi connectivity index (χ1) is 9.20. The van der Waals surface area contributed by atoms with Gasteiger partial charge < -0.3 is 10.1 Å². The average molecular weight is 267 g/mol. The van der Waals surface area contributed by atoms with Crippen LogP contribution in [0.1, 0.15) is 31.2 Å². The Hall–Kier alpha value is -1.00. The molecule has 104 valence electrons. The maximum atomic E-state index is 13.4. The molecule has 1 atom stereocenters. The van der Waals surface area contributed by atoms with E-state index in [-0.39, 0.29) is 5.41 Å². The molecule has 1 N–H and O–H groups in total. The minimum atomic E-state index is -0.782. The zero-order chi connectivity index (χ0) is 13.3. The van der Waals surface area contributed by atoms with Gasteiger partial charge in [-0.05, 0) is 43.5 Å². The standard InChI is InChI=1S/C15H19F2NO/c16-13-5-4-11(7-14(13)17)15(9-19-10-15)8-12-3-1-2-6-18-12/h4-5,7,12,18H,1-3,6,8-10H2. The fraction of sp³-hybridized carbons (Fsp3) is 0.600. The van der Waals surface area contributed by atoms with Crippen LogP contribution < -0.4 is 5.32 Å². The van der Waals surface area contributed by atoms with Gasteiger partial charge in [0, 0.05) is 11.5 Å². The smallest absolute Gasteiger partial charge is 0.159 e. The van der Waals surface area contributed by atoms with E-state index in [9.17, 15) is 8.78 Å². The van der Waals surface area contributed by atoms with Crippen LogP contribution in [-0.4, -0.2) is 25.8 Å². The molecule has 0 saturated carbocycles. The van der Waals surface area contributed by atoms with Crippen molar-refractivity contribution < 1.29 is 13.5 Å². The summed E-state index contributed by atoms with van der Waals surface area (Å²) in [7, 11) is 0. The Labute approximate surface area is 112 Å². The predicted molar refractivity (Wildman–Crippen MR) is 69.1 cm³/mol. The normalized spacial score (nSPS) is 25.9. The lowest BCUT2D eigenvalue weighted by Crippen LogP contribution is -2.51. The molecule has 1 aromatic rings. The molecular weight excluding hydrogens is 248 g/mol. The van der Waals surface area contributed by atoms with Crippen molar-refractivity contribution in [2.45, 2.75) is 37.1 Å². The van der Waals surface area contributed by atoms with Gasteiger partial charge in [-0.2, -0.15) is 0 Å². The zero-order valence-corrected chi connectivity index (χ0v) is 10.9. The van der Waals surface area contributed by atoms with Crippen LogP contribution in [0.5, 0.6) is 0 Å². The highest BCUT2D eigenvalue weighted by atomic mass is 19.2. The molecule has 1 unspecified atom stereocenters. The zero-order valence-electron chi connectivity index (χ0n) is 10.9. The summed E-state index contributed by atoms with van der Waals surface area (Å²) in [5.74, 6) is -1.55. The summed E-state index contributed by atoms with van der Waals surface area (Å²) in [5.41, 5.74) is 0.730. The first-order valence-electron chi connectivity index (χ1n) is 6.96. The van der Waals surface area contributed by atoms with Gasteiger partial charge >= 0.3 is 0 Å². The van der Waals surface area contributed by atoms with Crippen molar-refractivity contribution in [3.8, 4) is 0 Å². The average Bonchev–Trinajstić information content (AvgIpc) is 2.38. The molecule has 2 nitrogen and oxygen atoms in total. The van der Waals surface area contributed by atoms with Gasteiger partial charge in [0.15, 0.2) is 11.6 Å². The first kappa shape index (κ1) is 13.0. The Morgan fingerprint density at radius 3 is 2.63 bits per heavy atom. The highest BCUT2D eigenvalue weighted by molar-refractivity contribution is 5.29. The summed E-state index contributed by atoms with van der Waals surface area (Å²) < 4.78 is 31.8. The lowest BCUT2D eigenvalue weighted by Gasteiger charge is -2.45. The summed E-state index contributed by atoms with van der Waals surface area (Å²) in [6.07, 6.45) is 4.57. The van der Waals surface area contributed by atoms with Crippen LogP contribution in [0.25, 0.3) is 0 Å². The summed E-state index contributed by atoms with van der Waals surface area (Å²) in [6, 6.07) is 4.72. The molecule has 2 aliphatic rings. The fourth-order valence-electron chi connectivity index (χ4n) is 3.15. The van der Waals surface area contributed by atoms with E-state index in [1.54, 1.807) is 6.07 Å². The fourth-order valence-corrected chi connectivity index (χ4v) is 3.15. The molecule has 0 amide bonds. The number of rotatable bonds is 3. The largest absolute Gasteiger partial charge is 0.379 e. The van der Waals surface area contributed by atoms with E-state index < -0.39 is 11.6 Å². The maximum absolute atomic E-state index is 13.4. The first-order valence-corrected chi connectivity index (χ1v) is 6.96. The van der Waals surface area contributed by atoms with Gasteiger partial charge in [-0.3, -0.25) is 0 Å². The third-order valence-electron chi connectivity index (χ3n) is 4.34. The van der Waals surface area contributed by atoms with Crippen LogP contribution in [0.2, 0.25) is 0 Å². The molecule has 2 heterocycles. The Kier molecular flexibility index (Phi) is 3.54. The van der Waals surface area contributed by atoms with Crippen molar-refractivity contribution in [3.63, 3.8) is 0 Å².